The number of hydrogen-bond donors (Lipinski definition) is 0. The molecule has 33 heavy (non-hydrogen) atoms. The minimum absolute atomic E-state index is 0.0827. The van der Waals surface area contributed by atoms with E-state index < -0.39 is 0 Å². The average Bonchev–Trinajstić information content (AvgIpc) is 2.88. The van der Waals surface area contributed by atoms with Gasteiger partial charge in [-0.2, -0.15) is 0 Å². The van der Waals surface area contributed by atoms with E-state index in [1.165, 1.54) is 0 Å². The Kier molecular flexibility index (Phi) is 5.91. The van der Waals surface area contributed by atoms with Crippen molar-refractivity contribution in [2.45, 2.75) is 6.61 Å². The van der Waals surface area contributed by atoms with Gasteiger partial charge in [0.2, 0.25) is 0 Å². The first kappa shape index (κ1) is 21.0. The lowest BCUT2D eigenvalue weighted by Gasteiger charge is -2.27. The molecule has 1 aliphatic heterocycles. The van der Waals surface area contributed by atoms with E-state index in [9.17, 15) is 9.59 Å². The Morgan fingerprint density at radius 1 is 0.879 bits per heavy atom. The van der Waals surface area contributed by atoms with Crippen LogP contribution in [-0.4, -0.2) is 32.3 Å². The lowest BCUT2D eigenvalue weighted by molar-refractivity contribution is 0.0472. The third-order valence-corrected chi connectivity index (χ3v) is 5.70. The highest BCUT2D eigenvalue weighted by atomic mass is 16.5. The third kappa shape index (κ3) is 4.66. The van der Waals surface area contributed by atoms with Crippen LogP contribution in [0.2, 0.25) is 0 Å². The van der Waals surface area contributed by atoms with Gasteiger partial charge in [0.05, 0.1) is 24.2 Å². The van der Waals surface area contributed by atoms with Crippen LogP contribution in [0.1, 0.15) is 15.9 Å². The second kappa shape index (κ2) is 9.30. The van der Waals surface area contributed by atoms with Crippen LogP contribution in [0.4, 0.5) is 5.88 Å². The number of ether oxygens (including phenoxy) is 2. The largest absolute Gasteiger partial charge is 0.457 e. The summed E-state index contributed by atoms with van der Waals surface area (Å²) >= 11 is 0. The van der Waals surface area contributed by atoms with Crippen molar-refractivity contribution in [3.05, 3.63) is 100 Å². The lowest BCUT2D eigenvalue weighted by Crippen LogP contribution is -2.36. The summed E-state index contributed by atoms with van der Waals surface area (Å²) in [5.74, 6) is 0.196. The summed E-state index contributed by atoms with van der Waals surface area (Å²) in [6, 6.07) is 23.8. The molecule has 3 aromatic carbocycles. The number of rotatable bonds is 5. The molecule has 0 saturated carbocycles. The van der Waals surface area contributed by atoms with Crippen LogP contribution >= 0.6 is 0 Å². The number of esters is 1. The number of anilines is 1. The minimum Gasteiger partial charge on any atom is -0.457 e. The zero-order valence-corrected chi connectivity index (χ0v) is 18.0. The number of morpholine rings is 1. The molecule has 1 saturated heterocycles. The smallest absolute Gasteiger partial charge is 0.338 e. The monoisotopic (exact) mass is 441 g/mol. The number of carbonyl (C=O) groups is 1. The average molecular weight is 441 g/mol. The Hall–Kier alpha value is -3.90. The molecule has 0 radical (unpaired) electrons. The lowest BCUT2D eigenvalue weighted by atomic mass is 10.0. The topological polar surface area (TPSA) is 69.0 Å². The first-order valence-corrected chi connectivity index (χ1v) is 10.9. The summed E-state index contributed by atoms with van der Waals surface area (Å²) in [7, 11) is 0. The van der Waals surface area contributed by atoms with E-state index >= 15 is 0 Å². The molecule has 0 unspecified atom stereocenters. The van der Waals surface area contributed by atoms with Crippen LogP contribution in [0.25, 0.3) is 22.1 Å². The fraction of sp³-hybridized carbons (Fsp3) is 0.185. The zero-order valence-electron chi connectivity index (χ0n) is 18.0. The summed E-state index contributed by atoms with van der Waals surface area (Å²) in [5.41, 5.74) is 3.65. The maximum atomic E-state index is 12.8. The first-order chi connectivity index (χ1) is 16.2. The Morgan fingerprint density at radius 2 is 1.61 bits per heavy atom. The molecular formula is C27H23NO5. The maximum absolute atomic E-state index is 12.8. The predicted octanol–water partition coefficient (Wildman–Crippen LogP) is 4.65. The van der Waals surface area contributed by atoms with Crippen LogP contribution in [0.15, 0.2) is 88.1 Å². The van der Waals surface area contributed by atoms with Gasteiger partial charge in [-0.15, -0.1) is 0 Å². The van der Waals surface area contributed by atoms with Gasteiger partial charge in [0.15, 0.2) is 11.3 Å². The van der Waals surface area contributed by atoms with Crippen LogP contribution < -0.4 is 10.3 Å². The molecular weight excluding hydrogens is 418 g/mol. The number of carbonyl (C=O) groups excluding carboxylic acids is 1. The highest BCUT2D eigenvalue weighted by Crippen LogP contribution is 2.26. The summed E-state index contributed by atoms with van der Waals surface area (Å²) in [6.45, 7) is 2.88. The Bertz CT molecular complexity index is 1320. The van der Waals surface area contributed by atoms with E-state index in [4.69, 9.17) is 13.9 Å². The van der Waals surface area contributed by atoms with Gasteiger partial charge in [-0.05, 0) is 41.0 Å². The third-order valence-electron chi connectivity index (χ3n) is 5.70. The summed E-state index contributed by atoms with van der Waals surface area (Å²) in [4.78, 5) is 27.2. The van der Waals surface area contributed by atoms with Gasteiger partial charge in [-0.1, -0.05) is 48.5 Å². The molecule has 0 bridgehead atoms. The van der Waals surface area contributed by atoms with Crippen LogP contribution in [0, 0.1) is 0 Å². The minimum atomic E-state index is -0.375. The predicted molar refractivity (Wildman–Crippen MR) is 127 cm³/mol. The zero-order chi connectivity index (χ0) is 22.6. The molecule has 0 amide bonds. The number of benzene rings is 3. The van der Waals surface area contributed by atoms with Gasteiger partial charge in [-0.25, -0.2) is 4.79 Å². The molecule has 1 aliphatic rings. The van der Waals surface area contributed by atoms with E-state index in [1.807, 2.05) is 65.6 Å². The van der Waals surface area contributed by atoms with Crippen molar-refractivity contribution in [3.8, 4) is 11.1 Å². The van der Waals surface area contributed by atoms with E-state index in [2.05, 4.69) is 0 Å². The molecule has 1 fully saturated rings. The molecule has 1 aromatic heterocycles. The number of hydrogen-bond acceptors (Lipinski definition) is 6. The van der Waals surface area contributed by atoms with Crippen molar-refractivity contribution >= 4 is 22.8 Å². The Morgan fingerprint density at radius 3 is 2.36 bits per heavy atom. The van der Waals surface area contributed by atoms with E-state index in [0.29, 0.717) is 48.7 Å². The molecule has 0 spiro atoms. The summed E-state index contributed by atoms with van der Waals surface area (Å²) < 4.78 is 16.8. The molecule has 0 N–H and O–H groups in total. The second-order valence-electron chi connectivity index (χ2n) is 7.90. The van der Waals surface area contributed by atoms with Crippen molar-refractivity contribution in [2.24, 2.45) is 0 Å². The molecule has 6 heteroatoms. The highest BCUT2D eigenvalue weighted by molar-refractivity contribution is 5.90. The fourth-order valence-electron chi connectivity index (χ4n) is 3.87. The van der Waals surface area contributed by atoms with Crippen LogP contribution in [-0.2, 0) is 16.1 Å². The second-order valence-corrected chi connectivity index (χ2v) is 7.90. The van der Waals surface area contributed by atoms with Gasteiger partial charge in [0, 0.05) is 19.2 Å². The first-order valence-electron chi connectivity index (χ1n) is 10.9. The van der Waals surface area contributed by atoms with E-state index in [-0.39, 0.29) is 18.0 Å². The van der Waals surface area contributed by atoms with Crippen molar-refractivity contribution in [1.29, 1.82) is 0 Å². The van der Waals surface area contributed by atoms with Crippen molar-refractivity contribution in [3.63, 3.8) is 0 Å². The molecule has 6 nitrogen and oxygen atoms in total. The quantitative estimate of drug-likeness (QED) is 0.420. The van der Waals surface area contributed by atoms with Crippen molar-refractivity contribution < 1.29 is 18.7 Å². The molecule has 166 valence electrons. The number of fused-ring (bicyclic) bond motifs is 1. The fourth-order valence-corrected chi connectivity index (χ4v) is 3.87. The molecule has 5 rings (SSSR count). The van der Waals surface area contributed by atoms with Gasteiger partial charge in [0.1, 0.15) is 12.2 Å². The Labute approximate surface area is 191 Å². The van der Waals surface area contributed by atoms with Crippen LogP contribution in [0.5, 0.6) is 0 Å². The van der Waals surface area contributed by atoms with Gasteiger partial charge >= 0.3 is 5.97 Å². The van der Waals surface area contributed by atoms with Gasteiger partial charge in [-0.3, -0.25) is 4.79 Å². The molecule has 0 atom stereocenters. The molecule has 2 heterocycles. The van der Waals surface area contributed by atoms with E-state index in [1.54, 1.807) is 18.2 Å². The molecule has 4 aromatic rings. The Balaban J connectivity index is 1.33. The van der Waals surface area contributed by atoms with Crippen LogP contribution in [0.3, 0.4) is 0 Å². The van der Waals surface area contributed by atoms with Crippen molar-refractivity contribution in [1.82, 2.24) is 0 Å². The number of nitrogens with zero attached hydrogens (tertiary/aromatic N) is 1. The SMILES string of the molecule is O=C(OCc1ccccc1)c1ccc(-c2ccc3oc(N4CCOCC4)cc(=O)c3c2)cc1. The standard InChI is InChI=1S/C27H23NO5/c29-24-17-26(28-12-14-31-15-13-28)33-25-11-10-22(16-23(24)25)20-6-8-21(9-7-20)27(30)32-18-19-4-2-1-3-5-19/h1-11,16-17H,12-15,18H2. The highest BCUT2D eigenvalue weighted by Gasteiger charge is 2.16. The van der Waals surface area contributed by atoms with Gasteiger partial charge < -0.3 is 18.8 Å². The van der Waals surface area contributed by atoms with Crippen molar-refractivity contribution in [2.75, 3.05) is 31.2 Å². The van der Waals surface area contributed by atoms with Gasteiger partial charge in [0.25, 0.3) is 0 Å². The summed E-state index contributed by atoms with van der Waals surface area (Å²) in [5, 5.41) is 0.524. The normalized spacial score (nSPS) is 13.8. The summed E-state index contributed by atoms with van der Waals surface area (Å²) in [6.07, 6.45) is 0. The maximum Gasteiger partial charge on any atom is 0.338 e. The van der Waals surface area contributed by atoms with E-state index in [0.717, 1.165) is 16.7 Å². The molecule has 0 aliphatic carbocycles.